The third kappa shape index (κ3) is 1.58. The van der Waals surface area contributed by atoms with E-state index in [1.165, 1.54) is 11.1 Å². The highest BCUT2D eigenvalue weighted by Gasteiger charge is 2.31. The van der Waals surface area contributed by atoms with E-state index in [-0.39, 0.29) is 0 Å². The van der Waals surface area contributed by atoms with Crippen LogP contribution in [0.2, 0.25) is 0 Å². The number of aliphatic hydroxyl groups is 1. The number of nitrogens with zero attached hydrogens (tertiary/aromatic N) is 2. The Morgan fingerprint density at radius 1 is 1.53 bits per heavy atom. The predicted octanol–water partition coefficient (Wildman–Crippen LogP) is 2.05. The first kappa shape index (κ1) is 10.5. The number of hydrogen-bond donors (Lipinski definition) is 1. The van der Waals surface area contributed by atoms with Crippen LogP contribution in [-0.4, -0.2) is 20.3 Å². The molecule has 0 saturated carbocycles. The summed E-state index contributed by atoms with van der Waals surface area (Å²) in [6.07, 6.45) is 5.84. The van der Waals surface area contributed by atoms with Crippen molar-refractivity contribution >= 4 is 5.52 Å². The highest BCUT2D eigenvalue weighted by Crippen LogP contribution is 2.31. The molecule has 1 N–H and O–H groups in total. The minimum Gasteiger partial charge on any atom is -0.385 e. The first-order valence-corrected chi connectivity index (χ1v) is 5.94. The molecule has 17 heavy (non-hydrogen) atoms. The molecule has 3 rings (SSSR count). The van der Waals surface area contributed by atoms with Gasteiger partial charge in [-0.3, -0.25) is 0 Å². The first-order chi connectivity index (χ1) is 8.11. The molecule has 1 aliphatic carbocycles. The van der Waals surface area contributed by atoms with Gasteiger partial charge in [-0.2, -0.15) is 5.10 Å². The van der Waals surface area contributed by atoms with Crippen LogP contribution in [0.15, 0.2) is 31.0 Å². The minimum atomic E-state index is -0.762. The molecule has 0 amide bonds. The van der Waals surface area contributed by atoms with Gasteiger partial charge in [0.1, 0.15) is 0 Å². The van der Waals surface area contributed by atoms with Crippen molar-refractivity contribution < 1.29 is 5.11 Å². The van der Waals surface area contributed by atoms with Crippen molar-refractivity contribution in [3.05, 3.63) is 47.8 Å². The van der Waals surface area contributed by atoms with Crippen molar-refractivity contribution in [2.45, 2.75) is 31.8 Å². The number of fused-ring (bicyclic) bond motifs is 3. The molecule has 0 aromatic carbocycles. The van der Waals surface area contributed by atoms with Crippen LogP contribution in [0.3, 0.4) is 0 Å². The quantitative estimate of drug-likeness (QED) is 0.758. The molecule has 3 heteroatoms. The van der Waals surface area contributed by atoms with Gasteiger partial charge < -0.3 is 5.11 Å². The van der Waals surface area contributed by atoms with Crippen LogP contribution in [0.1, 0.15) is 23.2 Å². The van der Waals surface area contributed by atoms with Crippen molar-refractivity contribution in [2.75, 3.05) is 0 Å². The third-order valence-corrected chi connectivity index (χ3v) is 3.62. The standard InChI is InChI=1S/C14H16N2O/c1-3-14(17)7-6-12-11(8-14)13-5-4-10(2)9-16(13)15-12/h3-5,9,17H,1,6-8H2,2H3. The molecule has 0 bridgehead atoms. The third-order valence-electron chi connectivity index (χ3n) is 3.62. The van der Waals surface area contributed by atoms with Gasteiger partial charge in [-0.1, -0.05) is 12.1 Å². The normalized spacial score (nSPS) is 23.6. The predicted molar refractivity (Wildman–Crippen MR) is 67.1 cm³/mol. The summed E-state index contributed by atoms with van der Waals surface area (Å²) in [6, 6.07) is 4.16. The molecule has 0 radical (unpaired) electrons. The van der Waals surface area contributed by atoms with Crippen molar-refractivity contribution in [1.82, 2.24) is 9.61 Å². The molecular formula is C14H16N2O. The van der Waals surface area contributed by atoms with E-state index < -0.39 is 5.60 Å². The molecule has 3 nitrogen and oxygen atoms in total. The van der Waals surface area contributed by atoms with Gasteiger partial charge in [0.05, 0.1) is 16.8 Å². The summed E-state index contributed by atoms with van der Waals surface area (Å²) in [6.45, 7) is 5.79. The average Bonchev–Trinajstić information content (AvgIpc) is 2.66. The Bertz CT molecular complexity index is 600. The molecule has 1 unspecified atom stereocenters. The number of aromatic nitrogens is 2. The van der Waals surface area contributed by atoms with E-state index in [1.54, 1.807) is 6.08 Å². The number of aryl methyl sites for hydroxylation is 2. The van der Waals surface area contributed by atoms with E-state index in [1.807, 2.05) is 10.7 Å². The highest BCUT2D eigenvalue weighted by atomic mass is 16.3. The Morgan fingerprint density at radius 3 is 3.12 bits per heavy atom. The molecule has 0 aliphatic heterocycles. The number of hydrogen-bond acceptors (Lipinski definition) is 2. The Labute approximate surface area is 100 Å². The Hall–Kier alpha value is -1.61. The lowest BCUT2D eigenvalue weighted by Gasteiger charge is -2.28. The largest absolute Gasteiger partial charge is 0.385 e. The van der Waals surface area contributed by atoms with Crippen LogP contribution in [0.4, 0.5) is 0 Å². The fourth-order valence-corrected chi connectivity index (χ4v) is 2.55. The van der Waals surface area contributed by atoms with Gasteiger partial charge in [0.25, 0.3) is 0 Å². The maximum absolute atomic E-state index is 10.3. The van der Waals surface area contributed by atoms with Crippen LogP contribution in [-0.2, 0) is 12.8 Å². The summed E-state index contributed by atoms with van der Waals surface area (Å²) in [4.78, 5) is 0. The lowest BCUT2D eigenvalue weighted by molar-refractivity contribution is 0.0765. The lowest BCUT2D eigenvalue weighted by atomic mass is 9.83. The first-order valence-electron chi connectivity index (χ1n) is 5.94. The molecule has 0 fully saturated rings. The van der Waals surface area contributed by atoms with Gasteiger partial charge in [0.15, 0.2) is 0 Å². The van der Waals surface area contributed by atoms with Crippen LogP contribution in [0.5, 0.6) is 0 Å². The van der Waals surface area contributed by atoms with Gasteiger partial charge in [0.2, 0.25) is 0 Å². The molecule has 2 aromatic rings. The van der Waals surface area contributed by atoms with E-state index in [4.69, 9.17) is 0 Å². The molecule has 88 valence electrons. The zero-order valence-corrected chi connectivity index (χ0v) is 9.98. The van der Waals surface area contributed by atoms with Gasteiger partial charge in [0, 0.05) is 18.2 Å². The van der Waals surface area contributed by atoms with Crippen LogP contribution >= 0.6 is 0 Å². The van der Waals surface area contributed by atoms with Crippen LogP contribution in [0.25, 0.3) is 5.52 Å². The smallest absolute Gasteiger partial charge is 0.0870 e. The monoisotopic (exact) mass is 228 g/mol. The molecular weight excluding hydrogens is 212 g/mol. The fraction of sp³-hybridized carbons (Fsp3) is 0.357. The van der Waals surface area contributed by atoms with Crippen LogP contribution < -0.4 is 0 Å². The molecule has 2 aromatic heterocycles. The summed E-state index contributed by atoms with van der Waals surface area (Å²) in [5.41, 5.74) is 3.81. The van der Waals surface area contributed by atoms with Crippen molar-refractivity contribution in [2.24, 2.45) is 0 Å². The molecule has 2 heterocycles. The lowest BCUT2D eigenvalue weighted by Crippen LogP contribution is -2.32. The van der Waals surface area contributed by atoms with Crippen molar-refractivity contribution in [3.63, 3.8) is 0 Å². The second-order valence-corrected chi connectivity index (χ2v) is 4.95. The Morgan fingerprint density at radius 2 is 2.35 bits per heavy atom. The second-order valence-electron chi connectivity index (χ2n) is 4.95. The highest BCUT2D eigenvalue weighted by molar-refractivity contribution is 5.58. The SMILES string of the molecule is C=CC1(O)CCc2nn3cc(C)ccc3c2C1. The number of pyridine rings is 1. The van der Waals surface area contributed by atoms with Gasteiger partial charge in [-0.15, -0.1) is 6.58 Å². The van der Waals surface area contributed by atoms with E-state index in [2.05, 4.69) is 30.7 Å². The Balaban J connectivity index is 2.18. The molecule has 1 atom stereocenters. The summed E-state index contributed by atoms with van der Waals surface area (Å²) < 4.78 is 1.93. The zero-order chi connectivity index (χ0) is 12.0. The average molecular weight is 228 g/mol. The maximum atomic E-state index is 10.3. The molecule has 0 spiro atoms. The van der Waals surface area contributed by atoms with Gasteiger partial charge >= 0.3 is 0 Å². The zero-order valence-electron chi connectivity index (χ0n) is 9.98. The van der Waals surface area contributed by atoms with Crippen molar-refractivity contribution in [3.8, 4) is 0 Å². The van der Waals surface area contributed by atoms with Crippen LogP contribution in [0, 0.1) is 6.92 Å². The number of rotatable bonds is 1. The summed E-state index contributed by atoms with van der Waals surface area (Å²) in [7, 11) is 0. The van der Waals surface area contributed by atoms with Gasteiger partial charge in [-0.05, 0) is 31.4 Å². The summed E-state index contributed by atoms with van der Waals surface area (Å²) in [5, 5.41) is 14.9. The van der Waals surface area contributed by atoms with E-state index in [0.29, 0.717) is 12.8 Å². The maximum Gasteiger partial charge on any atom is 0.0870 e. The Kier molecular flexibility index (Phi) is 2.13. The van der Waals surface area contributed by atoms with Crippen molar-refractivity contribution in [1.29, 1.82) is 0 Å². The fourth-order valence-electron chi connectivity index (χ4n) is 2.55. The molecule has 0 saturated heterocycles. The summed E-state index contributed by atoms with van der Waals surface area (Å²) >= 11 is 0. The van der Waals surface area contributed by atoms with Gasteiger partial charge in [-0.25, -0.2) is 4.52 Å². The van der Waals surface area contributed by atoms with E-state index >= 15 is 0 Å². The second kappa shape index (κ2) is 3.44. The topological polar surface area (TPSA) is 37.5 Å². The minimum absolute atomic E-state index is 0.623. The van der Waals surface area contributed by atoms with E-state index in [9.17, 15) is 5.11 Å². The summed E-state index contributed by atoms with van der Waals surface area (Å²) in [5.74, 6) is 0. The van der Waals surface area contributed by atoms with E-state index in [0.717, 1.165) is 17.6 Å². The molecule has 1 aliphatic rings.